The van der Waals surface area contributed by atoms with Crippen LogP contribution in [0.1, 0.15) is 60.5 Å². The minimum Gasteiger partial charge on any atom is -0.490 e. The van der Waals surface area contributed by atoms with Crippen LogP contribution in [0.2, 0.25) is 0 Å². The number of carbonyl (C=O) groups is 1. The maximum absolute atomic E-state index is 13.9. The average Bonchev–Trinajstić information content (AvgIpc) is 3.52. The zero-order chi connectivity index (χ0) is 27.8. The summed E-state index contributed by atoms with van der Waals surface area (Å²) in [6.07, 6.45) is 0.912. The number of rotatable bonds is 9. The van der Waals surface area contributed by atoms with Crippen LogP contribution in [0.25, 0.3) is 11.0 Å². The van der Waals surface area contributed by atoms with Gasteiger partial charge in [0.2, 0.25) is 12.6 Å². The van der Waals surface area contributed by atoms with Crippen LogP contribution in [0.4, 0.5) is 0 Å². The highest BCUT2D eigenvalue weighted by atomic mass is 16.7. The monoisotopic (exact) mass is 541 g/mol. The van der Waals surface area contributed by atoms with Crippen molar-refractivity contribution in [2.75, 3.05) is 20.0 Å². The molecule has 0 saturated carbocycles. The molecule has 0 N–H and O–H groups in total. The lowest BCUT2D eigenvalue weighted by Crippen LogP contribution is -2.29. The van der Waals surface area contributed by atoms with Gasteiger partial charge in [0.1, 0.15) is 5.58 Å². The molecule has 3 heterocycles. The van der Waals surface area contributed by atoms with Gasteiger partial charge in [-0.25, -0.2) is 0 Å². The maximum Gasteiger partial charge on any atom is 0.291 e. The first kappa shape index (κ1) is 25.8. The van der Waals surface area contributed by atoms with Gasteiger partial charge < -0.3 is 28.3 Å². The second-order valence-corrected chi connectivity index (χ2v) is 10.4. The van der Waals surface area contributed by atoms with Gasteiger partial charge >= 0.3 is 0 Å². The van der Waals surface area contributed by atoms with Crippen LogP contribution in [0.15, 0.2) is 69.9 Å². The van der Waals surface area contributed by atoms with Crippen LogP contribution in [0.3, 0.4) is 0 Å². The summed E-state index contributed by atoms with van der Waals surface area (Å²) in [5.74, 6) is 2.70. The number of fused-ring (bicyclic) bond motifs is 3. The predicted molar refractivity (Wildman–Crippen MR) is 149 cm³/mol. The molecule has 0 aliphatic carbocycles. The number of ether oxygens (including phenoxy) is 4. The topological polar surface area (TPSA) is 87.4 Å². The van der Waals surface area contributed by atoms with E-state index >= 15 is 0 Å². The first-order valence-corrected chi connectivity index (χ1v) is 13.6. The van der Waals surface area contributed by atoms with Crippen LogP contribution >= 0.6 is 0 Å². The molecule has 4 aromatic rings. The van der Waals surface area contributed by atoms with Crippen molar-refractivity contribution in [1.82, 2.24) is 4.90 Å². The van der Waals surface area contributed by atoms with Gasteiger partial charge in [0, 0.05) is 6.54 Å². The van der Waals surface area contributed by atoms with Crippen molar-refractivity contribution in [2.24, 2.45) is 5.92 Å². The number of hydrogen-bond donors (Lipinski definition) is 0. The number of nitrogens with zero attached hydrogens (tertiary/aromatic N) is 1. The summed E-state index contributed by atoms with van der Waals surface area (Å²) in [6, 6.07) is 17.5. The smallest absolute Gasteiger partial charge is 0.291 e. The van der Waals surface area contributed by atoms with E-state index in [4.69, 9.17) is 23.4 Å². The van der Waals surface area contributed by atoms with Gasteiger partial charge in [-0.15, -0.1) is 0 Å². The minimum atomic E-state index is -0.683. The van der Waals surface area contributed by atoms with Crippen molar-refractivity contribution in [3.05, 3.63) is 93.3 Å². The molecule has 40 heavy (non-hydrogen) atoms. The first-order chi connectivity index (χ1) is 19.4. The third-order valence-corrected chi connectivity index (χ3v) is 7.20. The summed E-state index contributed by atoms with van der Waals surface area (Å²) in [6.45, 7) is 7.60. The predicted octanol–water partition coefficient (Wildman–Crippen LogP) is 6.09. The van der Waals surface area contributed by atoms with Gasteiger partial charge in [-0.1, -0.05) is 38.1 Å². The van der Waals surface area contributed by atoms with Crippen LogP contribution in [-0.2, 0) is 6.54 Å². The van der Waals surface area contributed by atoms with Crippen molar-refractivity contribution < 1.29 is 28.2 Å². The summed E-state index contributed by atoms with van der Waals surface area (Å²) >= 11 is 0. The zero-order valence-corrected chi connectivity index (χ0v) is 22.8. The van der Waals surface area contributed by atoms with Crippen molar-refractivity contribution in [3.8, 4) is 23.0 Å². The molecule has 206 valence electrons. The lowest BCUT2D eigenvalue weighted by Gasteiger charge is -2.26. The number of amides is 1. The third kappa shape index (κ3) is 4.63. The molecule has 3 aromatic carbocycles. The standard InChI is InChI=1S/C32H31NO7/c1-4-36-27-16-21(10-12-24(27)37-14-13-19(2)3)29-28-30(34)22-7-5-6-8-23(22)40-31(28)32(35)33(29)17-20-9-11-25-26(15-20)39-18-38-25/h5-12,15-16,19,29H,4,13-14,17-18H2,1-3H3/t29-/m0/s1. The third-order valence-electron chi connectivity index (χ3n) is 7.20. The number of carbonyl (C=O) groups excluding carboxylic acids is 1. The Labute approximate surface area is 232 Å². The lowest BCUT2D eigenvalue weighted by molar-refractivity contribution is 0.0714. The maximum atomic E-state index is 13.9. The van der Waals surface area contributed by atoms with E-state index < -0.39 is 6.04 Å². The molecule has 0 saturated heterocycles. The van der Waals surface area contributed by atoms with Crippen molar-refractivity contribution in [1.29, 1.82) is 0 Å². The molecule has 8 nitrogen and oxygen atoms in total. The van der Waals surface area contributed by atoms with E-state index in [9.17, 15) is 9.59 Å². The molecule has 0 radical (unpaired) electrons. The fraction of sp³-hybridized carbons (Fsp3) is 0.312. The van der Waals surface area contributed by atoms with Crippen molar-refractivity contribution >= 4 is 16.9 Å². The summed E-state index contributed by atoms with van der Waals surface area (Å²) in [7, 11) is 0. The molecule has 1 aromatic heterocycles. The second kappa shape index (κ2) is 10.6. The molecule has 2 aliphatic rings. The van der Waals surface area contributed by atoms with Crippen LogP contribution in [0, 0.1) is 5.92 Å². The minimum absolute atomic E-state index is 0.0599. The Hall–Kier alpha value is -4.46. The number of hydrogen-bond acceptors (Lipinski definition) is 7. The van der Waals surface area contributed by atoms with E-state index in [1.54, 1.807) is 29.2 Å². The molecule has 8 heteroatoms. The summed E-state index contributed by atoms with van der Waals surface area (Å²) in [4.78, 5) is 29.4. The molecule has 0 spiro atoms. The average molecular weight is 542 g/mol. The van der Waals surface area contributed by atoms with Crippen LogP contribution in [-0.4, -0.2) is 30.8 Å². The zero-order valence-electron chi connectivity index (χ0n) is 22.8. The molecular weight excluding hydrogens is 510 g/mol. The molecule has 6 rings (SSSR count). The van der Waals surface area contributed by atoms with Crippen LogP contribution < -0.4 is 24.4 Å². The Morgan fingerprint density at radius 1 is 0.950 bits per heavy atom. The van der Waals surface area contributed by atoms with Gasteiger partial charge in [-0.3, -0.25) is 9.59 Å². The van der Waals surface area contributed by atoms with Gasteiger partial charge in [0.05, 0.1) is 30.2 Å². The number of benzene rings is 3. The largest absolute Gasteiger partial charge is 0.490 e. The quantitative estimate of drug-likeness (QED) is 0.253. The summed E-state index contributed by atoms with van der Waals surface area (Å²) in [5, 5.41) is 0.433. The van der Waals surface area contributed by atoms with Gasteiger partial charge in [0.25, 0.3) is 5.91 Å². The van der Waals surface area contributed by atoms with Crippen LogP contribution in [0.5, 0.6) is 23.0 Å². The molecule has 0 unspecified atom stereocenters. The van der Waals surface area contributed by atoms with E-state index in [1.165, 1.54) is 0 Å². The van der Waals surface area contributed by atoms with Crippen molar-refractivity contribution in [2.45, 2.75) is 39.8 Å². The fourth-order valence-corrected chi connectivity index (χ4v) is 5.20. The van der Waals surface area contributed by atoms with Gasteiger partial charge in [-0.05, 0) is 66.8 Å². The molecule has 1 amide bonds. The van der Waals surface area contributed by atoms with Crippen molar-refractivity contribution in [3.63, 3.8) is 0 Å². The number of para-hydroxylation sites is 1. The molecule has 0 bridgehead atoms. The Bertz CT molecular complexity index is 1640. The van der Waals surface area contributed by atoms with Gasteiger partial charge in [-0.2, -0.15) is 0 Å². The van der Waals surface area contributed by atoms with E-state index in [2.05, 4.69) is 13.8 Å². The lowest BCUT2D eigenvalue weighted by atomic mass is 9.97. The van der Waals surface area contributed by atoms with E-state index in [1.807, 2.05) is 43.3 Å². The molecular formula is C32H31NO7. The van der Waals surface area contributed by atoms with Gasteiger partial charge in [0.15, 0.2) is 28.4 Å². The highest BCUT2D eigenvalue weighted by molar-refractivity contribution is 5.99. The Balaban J connectivity index is 1.45. The Kier molecular flexibility index (Phi) is 6.84. The summed E-state index contributed by atoms with van der Waals surface area (Å²) in [5.41, 5.74) is 2.05. The highest BCUT2D eigenvalue weighted by Crippen LogP contribution is 2.42. The molecule has 1 atom stereocenters. The van der Waals surface area contributed by atoms with E-state index in [0.717, 1.165) is 17.5 Å². The summed E-state index contributed by atoms with van der Waals surface area (Å²) < 4.78 is 29.1. The van der Waals surface area contributed by atoms with E-state index in [-0.39, 0.29) is 30.4 Å². The Morgan fingerprint density at radius 3 is 2.60 bits per heavy atom. The molecule has 2 aliphatic heterocycles. The molecule has 0 fully saturated rings. The Morgan fingerprint density at radius 2 is 1.77 bits per heavy atom. The first-order valence-electron chi connectivity index (χ1n) is 13.6. The van der Waals surface area contributed by atoms with E-state index in [0.29, 0.717) is 58.7 Å². The highest BCUT2D eigenvalue weighted by Gasteiger charge is 2.43. The SMILES string of the molecule is CCOc1cc([C@H]2c3c(oc4ccccc4c3=O)C(=O)N2Cc2ccc3c(c2)OCO3)ccc1OCCC(C)C. The normalized spacial score (nSPS) is 15.7. The second-order valence-electron chi connectivity index (χ2n) is 10.4. The fourth-order valence-electron chi connectivity index (χ4n) is 5.20.